The van der Waals surface area contributed by atoms with Gasteiger partial charge in [-0.25, -0.2) is 22.6 Å². The number of imidazole rings is 1. The normalized spacial score (nSPS) is 14.7. The monoisotopic (exact) mass is 493 g/mol. The van der Waals surface area contributed by atoms with Crippen molar-refractivity contribution in [3.05, 3.63) is 65.6 Å². The fraction of sp³-hybridized carbons (Fsp3) is 0.190. The number of aromatic nitrogens is 4. The number of hydrogen-bond acceptors (Lipinski definition) is 5. The molecule has 1 aliphatic carbocycles. The molecule has 0 amide bonds. The van der Waals surface area contributed by atoms with Gasteiger partial charge in [0.2, 0.25) is 10.0 Å². The number of alkyl halides is 3. The first-order valence-electron chi connectivity index (χ1n) is 9.83. The third-order valence-electron chi connectivity index (χ3n) is 5.09. The van der Waals surface area contributed by atoms with E-state index in [1.165, 1.54) is 47.1 Å². The maximum absolute atomic E-state index is 13.3. The Balaban J connectivity index is 1.55. The molecule has 1 N–H and O–H groups in total. The lowest BCUT2D eigenvalue weighted by Crippen LogP contribution is -2.26. The number of pyridine rings is 1. The molecule has 0 aliphatic heterocycles. The van der Waals surface area contributed by atoms with Crippen LogP contribution in [-0.2, 0) is 16.2 Å². The van der Waals surface area contributed by atoms with Crippen molar-refractivity contribution in [2.75, 3.05) is 0 Å². The van der Waals surface area contributed by atoms with Gasteiger partial charge in [0.25, 0.3) is 0 Å². The van der Waals surface area contributed by atoms with Crippen LogP contribution in [0.25, 0.3) is 28.2 Å². The summed E-state index contributed by atoms with van der Waals surface area (Å²) in [5, 5.41) is 4.34. The Bertz CT molecular complexity index is 1480. The minimum absolute atomic E-state index is 0.0653. The Labute approximate surface area is 191 Å². The standard InChI is InChI=1S/C21H15ClF3N5O2S/c22-15-6-3-12(10-18(15)33(31,32)29-13-4-5-13)17-11-30-19(27-17)8-7-16(28-30)14-2-1-9-26-20(14)21(23,24)25/h1-3,6-11,13,29H,4-5H2. The summed E-state index contributed by atoms with van der Waals surface area (Å²) in [5.41, 5.74) is 0.115. The quantitative estimate of drug-likeness (QED) is 0.440. The summed E-state index contributed by atoms with van der Waals surface area (Å²) in [6.07, 6.45) is -0.484. The third-order valence-corrected chi connectivity index (χ3v) is 7.09. The molecule has 1 saturated carbocycles. The van der Waals surface area contributed by atoms with Crippen LogP contribution in [0, 0.1) is 0 Å². The lowest BCUT2D eigenvalue weighted by Gasteiger charge is -2.10. The van der Waals surface area contributed by atoms with Crippen LogP contribution in [0.4, 0.5) is 13.2 Å². The fourth-order valence-electron chi connectivity index (χ4n) is 3.36. The molecule has 0 unspecified atom stereocenters. The van der Waals surface area contributed by atoms with Crippen LogP contribution in [0.1, 0.15) is 18.5 Å². The summed E-state index contributed by atoms with van der Waals surface area (Å²) >= 11 is 6.14. The minimum atomic E-state index is -4.63. The van der Waals surface area contributed by atoms with E-state index in [2.05, 4.69) is 19.8 Å². The van der Waals surface area contributed by atoms with Crippen molar-refractivity contribution in [3.63, 3.8) is 0 Å². The van der Waals surface area contributed by atoms with Crippen LogP contribution < -0.4 is 4.72 Å². The molecule has 0 bridgehead atoms. The lowest BCUT2D eigenvalue weighted by molar-refractivity contribution is -0.140. The summed E-state index contributed by atoms with van der Waals surface area (Å²) < 4.78 is 69.3. The van der Waals surface area contributed by atoms with Crippen molar-refractivity contribution in [2.24, 2.45) is 0 Å². The highest BCUT2D eigenvalue weighted by Crippen LogP contribution is 2.35. The van der Waals surface area contributed by atoms with Gasteiger partial charge in [0, 0.05) is 23.4 Å². The summed E-state index contributed by atoms with van der Waals surface area (Å²) in [4.78, 5) is 7.81. The summed E-state index contributed by atoms with van der Waals surface area (Å²) in [5.74, 6) is 0. The number of nitrogens with one attached hydrogen (secondary N) is 1. The number of halogens is 4. The molecule has 33 heavy (non-hydrogen) atoms. The molecule has 3 aromatic heterocycles. The average Bonchev–Trinajstić information content (AvgIpc) is 3.46. The van der Waals surface area contributed by atoms with Gasteiger partial charge in [-0.1, -0.05) is 17.7 Å². The van der Waals surface area contributed by atoms with Crippen molar-refractivity contribution >= 4 is 27.3 Å². The van der Waals surface area contributed by atoms with Crippen molar-refractivity contribution < 1.29 is 21.6 Å². The SMILES string of the molecule is O=S(=O)(NC1CC1)c1cc(-c2cn3nc(-c4cccnc4C(F)(F)F)ccc3n2)ccc1Cl. The van der Waals surface area contributed by atoms with E-state index in [0.717, 1.165) is 19.0 Å². The van der Waals surface area contributed by atoms with E-state index in [1.54, 1.807) is 6.07 Å². The second kappa shape index (κ2) is 7.79. The maximum Gasteiger partial charge on any atom is 0.434 e. The van der Waals surface area contributed by atoms with Crippen LogP contribution in [-0.4, -0.2) is 34.0 Å². The first kappa shape index (κ1) is 21.8. The van der Waals surface area contributed by atoms with Gasteiger partial charge in [0.05, 0.1) is 22.6 Å². The van der Waals surface area contributed by atoms with Crippen LogP contribution in [0.15, 0.2) is 59.8 Å². The number of fused-ring (bicyclic) bond motifs is 1. The highest BCUT2D eigenvalue weighted by Gasteiger charge is 2.36. The number of sulfonamides is 1. The van der Waals surface area contributed by atoms with Gasteiger partial charge in [-0.05, 0) is 49.2 Å². The molecule has 4 aromatic rings. The summed E-state index contributed by atoms with van der Waals surface area (Å²) in [7, 11) is -3.80. The van der Waals surface area contributed by atoms with Crippen LogP contribution in [0.2, 0.25) is 5.02 Å². The molecular formula is C21H15ClF3N5O2S. The van der Waals surface area contributed by atoms with Gasteiger partial charge in [0.1, 0.15) is 4.90 Å². The van der Waals surface area contributed by atoms with Crippen LogP contribution in [0.3, 0.4) is 0 Å². The van der Waals surface area contributed by atoms with E-state index in [4.69, 9.17) is 11.6 Å². The van der Waals surface area contributed by atoms with Crippen LogP contribution in [0.5, 0.6) is 0 Å². The second-order valence-corrected chi connectivity index (χ2v) is 9.68. The second-order valence-electron chi connectivity index (χ2n) is 7.59. The number of nitrogens with zero attached hydrogens (tertiary/aromatic N) is 4. The maximum atomic E-state index is 13.3. The molecular weight excluding hydrogens is 479 g/mol. The van der Waals surface area contributed by atoms with Gasteiger partial charge in [0.15, 0.2) is 11.3 Å². The van der Waals surface area contributed by atoms with E-state index in [1.807, 2.05) is 0 Å². The molecule has 12 heteroatoms. The lowest BCUT2D eigenvalue weighted by atomic mass is 10.1. The zero-order valence-corrected chi connectivity index (χ0v) is 18.3. The Kier molecular flexibility index (Phi) is 5.15. The van der Waals surface area contributed by atoms with E-state index < -0.39 is 21.9 Å². The Morgan fingerprint density at radius 1 is 1.09 bits per heavy atom. The van der Waals surface area contributed by atoms with Gasteiger partial charge in [-0.3, -0.25) is 4.98 Å². The third kappa shape index (κ3) is 4.31. The summed E-state index contributed by atoms with van der Waals surface area (Å²) in [6.45, 7) is 0. The molecule has 0 saturated heterocycles. The molecule has 1 aliphatic rings. The number of rotatable bonds is 5. The van der Waals surface area contributed by atoms with Crippen molar-refractivity contribution in [2.45, 2.75) is 30.0 Å². The molecule has 170 valence electrons. The Morgan fingerprint density at radius 2 is 1.88 bits per heavy atom. The highest BCUT2D eigenvalue weighted by molar-refractivity contribution is 7.89. The number of hydrogen-bond donors (Lipinski definition) is 1. The fourth-order valence-corrected chi connectivity index (χ4v) is 5.19. The first-order valence-corrected chi connectivity index (χ1v) is 11.7. The molecule has 1 fully saturated rings. The molecule has 0 spiro atoms. The molecule has 7 nitrogen and oxygen atoms in total. The van der Waals surface area contributed by atoms with E-state index in [0.29, 0.717) is 16.9 Å². The zero-order chi connectivity index (χ0) is 23.4. The Hall–Kier alpha value is -3.02. The highest BCUT2D eigenvalue weighted by atomic mass is 35.5. The van der Waals surface area contributed by atoms with E-state index in [-0.39, 0.29) is 27.2 Å². The van der Waals surface area contributed by atoms with Gasteiger partial charge < -0.3 is 0 Å². The molecule has 3 heterocycles. The van der Waals surface area contributed by atoms with Crippen molar-refractivity contribution in [1.82, 2.24) is 24.3 Å². The van der Waals surface area contributed by atoms with E-state index >= 15 is 0 Å². The van der Waals surface area contributed by atoms with Gasteiger partial charge in [-0.15, -0.1) is 0 Å². The zero-order valence-electron chi connectivity index (χ0n) is 16.7. The van der Waals surface area contributed by atoms with Crippen molar-refractivity contribution in [3.8, 4) is 22.5 Å². The Morgan fingerprint density at radius 3 is 2.61 bits per heavy atom. The predicted molar refractivity (Wildman–Crippen MR) is 115 cm³/mol. The molecule has 0 atom stereocenters. The minimum Gasteiger partial charge on any atom is -0.251 e. The predicted octanol–water partition coefficient (Wildman–Crippen LogP) is 4.57. The largest absolute Gasteiger partial charge is 0.434 e. The molecule has 1 aromatic carbocycles. The van der Waals surface area contributed by atoms with Gasteiger partial charge >= 0.3 is 6.18 Å². The summed E-state index contributed by atoms with van der Waals surface area (Å²) in [6, 6.07) is 10.1. The topological polar surface area (TPSA) is 89.2 Å². The number of benzene rings is 1. The smallest absolute Gasteiger partial charge is 0.251 e. The van der Waals surface area contributed by atoms with E-state index in [9.17, 15) is 21.6 Å². The molecule has 0 radical (unpaired) electrons. The van der Waals surface area contributed by atoms with Gasteiger partial charge in [-0.2, -0.15) is 18.3 Å². The van der Waals surface area contributed by atoms with Crippen LogP contribution >= 0.6 is 11.6 Å². The first-order chi connectivity index (χ1) is 15.6. The van der Waals surface area contributed by atoms with Crippen molar-refractivity contribution in [1.29, 1.82) is 0 Å². The average molecular weight is 494 g/mol. The molecule has 5 rings (SSSR count).